The second-order valence-electron chi connectivity index (χ2n) is 5.62. The molecule has 116 valence electrons. The van der Waals surface area contributed by atoms with Crippen LogP contribution in [0.25, 0.3) is 5.69 Å². The van der Waals surface area contributed by atoms with Crippen LogP contribution in [0.5, 0.6) is 0 Å². The summed E-state index contributed by atoms with van der Waals surface area (Å²) in [5.74, 6) is 0.0838. The normalized spacial score (nSPS) is 18.0. The number of aliphatic hydroxyl groups excluding tert-OH is 1. The summed E-state index contributed by atoms with van der Waals surface area (Å²) < 4.78 is 1.69. The lowest BCUT2D eigenvalue weighted by atomic mass is 10.1. The molecule has 5 nitrogen and oxygen atoms in total. The third-order valence-electron chi connectivity index (χ3n) is 4.02. The van der Waals surface area contributed by atoms with Gasteiger partial charge in [0, 0.05) is 31.3 Å². The summed E-state index contributed by atoms with van der Waals surface area (Å²) in [4.78, 5) is 14.3. The topological polar surface area (TPSA) is 58.4 Å². The zero-order chi connectivity index (χ0) is 15.7. The number of aryl methyl sites for hydroxylation is 1. The Morgan fingerprint density at radius 1 is 1.45 bits per heavy atom. The molecular formula is C16H18ClN3O2. The molecule has 0 saturated carbocycles. The Kier molecular flexibility index (Phi) is 4.18. The second-order valence-corrected chi connectivity index (χ2v) is 6.03. The molecule has 0 aliphatic carbocycles. The van der Waals surface area contributed by atoms with Gasteiger partial charge in [0.25, 0.3) is 5.91 Å². The summed E-state index contributed by atoms with van der Waals surface area (Å²) in [5.41, 5.74) is 2.03. The Balaban J connectivity index is 1.87. The van der Waals surface area contributed by atoms with Gasteiger partial charge in [-0.25, -0.2) is 4.68 Å². The van der Waals surface area contributed by atoms with E-state index in [1.54, 1.807) is 21.7 Å². The molecule has 1 N–H and O–H groups in total. The fourth-order valence-electron chi connectivity index (χ4n) is 2.77. The first-order chi connectivity index (χ1) is 10.6. The second kappa shape index (κ2) is 6.10. The maximum Gasteiger partial charge on any atom is 0.274 e. The summed E-state index contributed by atoms with van der Waals surface area (Å²) in [6.45, 7) is 3.28. The Hall–Kier alpha value is -1.85. The Labute approximate surface area is 134 Å². The van der Waals surface area contributed by atoms with Crippen molar-refractivity contribution in [3.05, 3.63) is 46.7 Å². The van der Waals surface area contributed by atoms with Crippen LogP contribution in [0, 0.1) is 12.8 Å². The largest absolute Gasteiger partial charge is 0.396 e. The molecule has 1 aromatic carbocycles. The molecule has 0 radical (unpaired) electrons. The van der Waals surface area contributed by atoms with Crippen molar-refractivity contribution in [2.24, 2.45) is 5.92 Å². The minimum Gasteiger partial charge on any atom is -0.396 e. The molecule has 1 atom stereocenters. The number of para-hydroxylation sites is 1. The standard InChI is InChI=1S/C16H18ClN3O2/c1-11-8-14(16(22)19-7-6-12(9-19)10-21)18-20(11)15-5-3-2-4-13(15)17/h2-5,8,12,21H,6-7,9-10H2,1H3. The lowest BCUT2D eigenvalue weighted by Gasteiger charge is -2.14. The van der Waals surface area contributed by atoms with Gasteiger partial charge >= 0.3 is 0 Å². The van der Waals surface area contributed by atoms with E-state index >= 15 is 0 Å². The highest BCUT2D eigenvalue weighted by Gasteiger charge is 2.28. The Morgan fingerprint density at radius 3 is 2.91 bits per heavy atom. The number of amides is 1. The number of likely N-dealkylation sites (tertiary alicyclic amines) is 1. The molecule has 3 rings (SSSR count). The molecule has 1 aliphatic heterocycles. The maximum atomic E-state index is 12.5. The number of benzene rings is 1. The van der Waals surface area contributed by atoms with Crippen molar-refractivity contribution >= 4 is 17.5 Å². The number of nitrogens with zero attached hydrogens (tertiary/aromatic N) is 3. The van der Waals surface area contributed by atoms with E-state index in [-0.39, 0.29) is 18.4 Å². The molecule has 0 spiro atoms. The van der Waals surface area contributed by atoms with Crippen LogP contribution in [0.15, 0.2) is 30.3 Å². The van der Waals surface area contributed by atoms with E-state index in [2.05, 4.69) is 5.10 Å². The smallest absolute Gasteiger partial charge is 0.274 e. The maximum absolute atomic E-state index is 12.5. The summed E-state index contributed by atoms with van der Waals surface area (Å²) in [6, 6.07) is 9.18. The highest BCUT2D eigenvalue weighted by molar-refractivity contribution is 6.32. The number of hydrogen-bond donors (Lipinski definition) is 1. The van der Waals surface area contributed by atoms with Crippen LogP contribution in [0.2, 0.25) is 5.02 Å². The van der Waals surface area contributed by atoms with Crippen LogP contribution in [0.1, 0.15) is 22.6 Å². The average Bonchev–Trinajstić information content (AvgIpc) is 3.14. The molecule has 22 heavy (non-hydrogen) atoms. The molecular weight excluding hydrogens is 302 g/mol. The molecule has 1 aromatic heterocycles. The third kappa shape index (κ3) is 2.74. The number of hydrogen-bond acceptors (Lipinski definition) is 3. The molecule has 1 amide bonds. The zero-order valence-electron chi connectivity index (χ0n) is 12.4. The van der Waals surface area contributed by atoms with Crippen molar-refractivity contribution in [1.82, 2.24) is 14.7 Å². The van der Waals surface area contributed by atoms with Crippen LogP contribution in [0.4, 0.5) is 0 Å². The van der Waals surface area contributed by atoms with Crippen molar-refractivity contribution in [3.63, 3.8) is 0 Å². The van der Waals surface area contributed by atoms with Crippen molar-refractivity contribution in [1.29, 1.82) is 0 Å². The summed E-state index contributed by atoms with van der Waals surface area (Å²) in [5, 5.41) is 14.2. The molecule has 2 aromatic rings. The SMILES string of the molecule is Cc1cc(C(=O)N2CCC(CO)C2)nn1-c1ccccc1Cl. The molecule has 1 unspecified atom stereocenters. The number of rotatable bonds is 3. The Bertz CT molecular complexity index is 698. The van der Waals surface area contributed by atoms with E-state index in [0.29, 0.717) is 23.8 Å². The van der Waals surface area contributed by atoms with Crippen molar-refractivity contribution in [2.75, 3.05) is 19.7 Å². The quantitative estimate of drug-likeness (QED) is 0.944. The van der Waals surface area contributed by atoms with Crippen molar-refractivity contribution in [2.45, 2.75) is 13.3 Å². The molecule has 2 heterocycles. The number of carbonyl (C=O) groups is 1. The van der Waals surface area contributed by atoms with Gasteiger partial charge in [-0.2, -0.15) is 5.10 Å². The summed E-state index contributed by atoms with van der Waals surface area (Å²) in [7, 11) is 0. The number of halogens is 1. The average molecular weight is 320 g/mol. The van der Waals surface area contributed by atoms with Gasteiger partial charge in [-0.1, -0.05) is 23.7 Å². The first-order valence-corrected chi connectivity index (χ1v) is 7.69. The predicted octanol–water partition coefficient (Wildman–Crippen LogP) is 2.29. The van der Waals surface area contributed by atoms with E-state index in [4.69, 9.17) is 11.6 Å². The lowest BCUT2D eigenvalue weighted by Crippen LogP contribution is -2.29. The van der Waals surface area contributed by atoms with Crippen molar-refractivity contribution < 1.29 is 9.90 Å². The van der Waals surface area contributed by atoms with Gasteiger partial charge in [0.05, 0.1) is 10.7 Å². The molecule has 1 fully saturated rings. The van der Waals surface area contributed by atoms with Gasteiger partial charge in [0.1, 0.15) is 0 Å². The van der Waals surface area contributed by atoms with Gasteiger partial charge in [-0.3, -0.25) is 4.79 Å². The van der Waals surface area contributed by atoms with Gasteiger partial charge in [-0.15, -0.1) is 0 Å². The molecule has 0 bridgehead atoms. The highest BCUT2D eigenvalue weighted by atomic mass is 35.5. The third-order valence-corrected chi connectivity index (χ3v) is 4.34. The first-order valence-electron chi connectivity index (χ1n) is 7.32. The van der Waals surface area contributed by atoms with Gasteiger partial charge < -0.3 is 10.0 Å². The van der Waals surface area contributed by atoms with E-state index in [1.807, 2.05) is 25.1 Å². The van der Waals surface area contributed by atoms with E-state index < -0.39 is 0 Å². The van der Waals surface area contributed by atoms with Crippen molar-refractivity contribution in [3.8, 4) is 5.69 Å². The monoisotopic (exact) mass is 319 g/mol. The minimum absolute atomic E-state index is 0.0927. The van der Waals surface area contributed by atoms with E-state index in [1.165, 1.54) is 0 Å². The predicted molar refractivity (Wildman–Crippen MR) is 84.4 cm³/mol. The molecule has 1 aliphatic rings. The number of aromatic nitrogens is 2. The summed E-state index contributed by atoms with van der Waals surface area (Å²) in [6.07, 6.45) is 0.840. The number of aliphatic hydroxyl groups is 1. The first kappa shape index (κ1) is 15.1. The van der Waals surface area contributed by atoms with Crippen LogP contribution in [-0.4, -0.2) is 45.4 Å². The number of carbonyl (C=O) groups excluding carboxylic acids is 1. The van der Waals surface area contributed by atoms with Gasteiger partial charge in [0.2, 0.25) is 0 Å². The minimum atomic E-state index is -0.0927. The van der Waals surface area contributed by atoms with E-state index in [0.717, 1.165) is 17.8 Å². The van der Waals surface area contributed by atoms with Crippen LogP contribution in [-0.2, 0) is 0 Å². The zero-order valence-corrected chi connectivity index (χ0v) is 13.1. The lowest BCUT2D eigenvalue weighted by molar-refractivity contribution is 0.0775. The van der Waals surface area contributed by atoms with Gasteiger partial charge in [-0.05, 0) is 31.5 Å². The fraction of sp³-hybridized carbons (Fsp3) is 0.375. The fourth-order valence-corrected chi connectivity index (χ4v) is 2.99. The van der Waals surface area contributed by atoms with E-state index in [9.17, 15) is 9.90 Å². The Morgan fingerprint density at radius 2 is 2.23 bits per heavy atom. The van der Waals surface area contributed by atoms with Crippen LogP contribution in [0.3, 0.4) is 0 Å². The van der Waals surface area contributed by atoms with Crippen LogP contribution >= 0.6 is 11.6 Å². The highest BCUT2D eigenvalue weighted by Crippen LogP contribution is 2.23. The van der Waals surface area contributed by atoms with Gasteiger partial charge in [0.15, 0.2) is 5.69 Å². The van der Waals surface area contributed by atoms with Crippen LogP contribution < -0.4 is 0 Å². The summed E-state index contributed by atoms with van der Waals surface area (Å²) >= 11 is 6.20. The molecule has 1 saturated heterocycles. The molecule has 6 heteroatoms.